The summed E-state index contributed by atoms with van der Waals surface area (Å²) in [7, 11) is 0. The molecule has 0 atom stereocenters. The number of likely N-dealkylation sites (tertiary alicyclic amines) is 1. The highest BCUT2D eigenvalue weighted by Gasteiger charge is 2.11. The predicted molar refractivity (Wildman–Crippen MR) is 87.6 cm³/mol. The number of H-pyrrole nitrogens is 1. The maximum absolute atomic E-state index is 4.24. The van der Waals surface area contributed by atoms with Gasteiger partial charge >= 0.3 is 0 Å². The first kappa shape index (κ1) is 13.5. The molecule has 0 bridgehead atoms. The summed E-state index contributed by atoms with van der Waals surface area (Å²) < 4.78 is 0. The molecule has 0 aliphatic carbocycles. The SMILES string of the molecule is c1ncc2cc(Cc3ccc(CN4CCCC4)cc3)[nH]c2n1. The van der Waals surface area contributed by atoms with Crippen LogP contribution in [0.4, 0.5) is 0 Å². The van der Waals surface area contributed by atoms with Gasteiger partial charge in [0.1, 0.15) is 12.0 Å². The molecule has 4 nitrogen and oxygen atoms in total. The van der Waals surface area contributed by atoms with Crippen LogP contribution < -0.4 is 0 Å². The average Bonchev–Trinajstić information content (AvgIpc) is 3.18. The van der Waals surface area contributed by atoms with Crippen LogP contribution in [0.25, 0.3) is 11.0 Å². The Hall–Kier alpha value is -2.20. The van der Waals surface area contributed by atoms with E-state index in [0.29, 0.717) is 0 Å². The minimum absolute atomic E-state index is 0.903. The van der Waals surface area contributed by atoms with Crippen molar-refractivity contribution < 1.29 is 0 Å². The topological polar surface area (TPSA) is 44.8 Å². The van der Waals surface area contributed by atoms with Gasteiger partial charge in [-0.2, -0.15) is 0 Å². The van der Waals surface area contributed by atoms with Gasteiger partial charge in [-0.05, 0) is 43.1 Å². The number of aromatic amines is 1. The number of hydrogen-bond donors (Lipinski definition) is 1. The van der Waals surface area contributed by atoms with E-state index in [9.17, 15) is 0 Å². The zero-order chi connectivity index (χ0) is 14.8. The molecule has 3 heterocycles. The molecule has 3 aromatic rings. The molecule has 22 heavy (non-hydrogen) atoms. The second-order valence-corrected chi connectivity index (χ2v) is 6.10. The summed E-state index contributed by atoms with van der Waals surface area (Å²) in [5.74, 6) is 0. The van der Waals surface area contributed by atoms with Crippen LogP contribution in [0.3, 0.4) is 0 Å². The maximum atomic E-state index is 4.24. The van der Waals surface area contributed by atoms with E-state index in [1.165, 1.54) is 42.8 Å². The van der Waals surface area contributed by atoms with Crippen LogP contribution in [0.15, 0.2) is 42.9 Å². The van der Waals surface area contributed by atoms with Gasteiger partial charge in [0.2, 0.25) is 0 Å². The molecule has 1 aliphatic heterocycles. The van der Waals surface area contributed by atoms with E-state index in [1.807, 2.05) is 6.20 Å². The number of aromatic nitrogens is 3. The quantitative estimate of drug-likeness (QED) is 0.803. The lowest BCUT2D eigenvalue weighted by atomic mass is 10.1. The van der Waals surface area contributed by atoms with E-state index in [0.717, 1.165) is 24.0 Å². The molecule has 0 radical (unpaired) electrons. The first-order valence-corrected chi connectivity index (χ1v) is 7.94. The van der Waals surface area contributed by atoms with Gasteiger partial charge in [0.25, 0.3) is 0 Å². The number of rotatable bonds is 4. The third-order valence-electron chi connectivity index (χ3n) is 4.37. The maximum Gasteiger partial charge on any atom is 0.140 e. The normalized spacial score (nSPS) is 15.6. The summed E-state index contributed by atoms with van der Waals surface area (Å²) in [6.45, 7) is 3.58. The largest absolute Gasteiger partial charge is 0.343 e. The van der Waals surface area contributed by atoms with Gasteiger partial charge < -0.3 is 4.98 Å². The lowest BCUT2D eigenvalue weighted by Crippen LogP contribution is -2.18. The molecule has 1 aliphatic rings. The molecule has 1 N–H and O–H groups in total. The number of nitrogens with zero attached hydrogens (tertiary/aromatic N) is 3. The van der Waals surface area contributed by atoms with Gasteiger partial charge in [-0.25, -0.2) is 9.97 Å². The molecule has 0 spiro atoms. The monoisotopic (exact) mass is 292 g/mol. The van der Waals surface area contributed by atoms with E-state index in [4.69, 9.17) is 0 Å². The Bertz CT molecular complexity index is 721. The summed E-state index contributed by atoms with van der Waals surface area (Å²) in [5.41, 5.74) is 4.83. The fraction of sp³-hybridized carbons (Fsp3) is 0.333. The van der Waals surface area contributed by atoms with Gasteiger partial charge in [0.05, 0.1) is 0 Å². The zero-order valence-corrected chi connectivity index (χ0v) is 12.6. The summed E-state index contributed by atoms with van der Waals surface area (Å²) in [4.78, 5) is 14.2. The van der Waals surface area contributed by atoms with Gasteiger partial charge in [-0.1, -0.05) is 24.3 Å². The van der Waals surface area contributed by atoms with Crippen molar-refractivity contribution in [3.05, 3.63) is 59.7 Å². The van der Waals surface area contributed by atoms with E-state index >= 15 is 0 Å². The lowest BCUT2D eigenvalue weighted by molar-refractivity contribution is 0.331. The molecule has 0 unspecified atom stereocenters. The van der Waals surface area contributed by atoms with Crippen molar-refractivity contribution in [2.75, 3.05) is 13.1 Å². The highest BCUT2D eigenvalue weighted by atomic mass is 15.1. The minimum Gasteiger partial charge on any atom is -0.343 e. The summed E-state index contributed by atoms with van der Waals surface area (Å²) >= 11 is 0. The Morgan fingerprint density at radius 1 is 1.05 bits per heavy atom. The Labute approximate surface area is 130 Å². The molecule has 1 fully saturated rings. The first-order valence-electron chi connectivity index (χ1n) is 7.94. The number of benzene rings is 1. The zero-order valence-electron chi connectivity index (χ0n) is 12.6. The molecule has 4 rings (SSSR count). The van der Waals surface area contributed by atoms with Gasteiger partial charge in [-0.15, -0.1) is 0 Å². The highest BCUT2D eigenvalue weighted by Crippen LogP contribution is 2.17. The van der Waals surface area contributed by atoms with Crippen LogP contribution in [-0.4, -0.2) is 32.9 Å². The van der Waals surface area contributed by atoms with Crippen LogP contribution in [0.5, 0.6) is 0 Å². The van der Waals surface area contributed by atoms with Crippen LogP contribution in [0.1, 0.15) is 29.7 Å². The minimum atomic E-state index is 0.903. The summed E-state index contributed by atoms with van der Waals surface area (Å²) in [5, 5.41) is 1.07. The Morgan fingerprint density at radius 3 is 2.59 bits per heavy atom. The van der Waals surface area contributed by atoms with Gasteiger partial charge in [0.15, 0.2) is 0 Å². The second-order valence-electron chi connectivity index (χ2n) is 6.10. The molecular weight excluding hydrogens is 272 g/mol. The molecular formula is C18H20N4. The fourth-order valence-electron chi connectivity index (χ4n) is 3.20. The van der Waals surface area contributed by atoms with Crippen LogP contribution in [0.2, 0.25) is 0 Å². The molecule has 0 amide bonds. The molecule has 1 aromatic carbocycles. The average molecular weight is 292 g/mol. The standard InChI is InChI=1S/C18H20N4/c1-2-8-22(7-1)12-15-5-3-14(4-6-15)9-17-10-16-11-19-13-20-18(16)21-17/h3-6,10-11,13H,1-2,7-9,12H2,(H,19,20,21). The number of hydrogen-bond acceptors (Lipinski definition) is 3. The fourth-order valence-corrected chi connectivity index (χ4v) is 3.20. The lowest BCUT2D eigenvalue weighted by Gasteiger charge is -2.14. The van der Waals surface area contributed by atoms with Crippen molar-refractivity contribution >= 4 is 11.0 Å². The van der Waals surface area contributed by atoms with Crippen molar-refractivity contribution in [2.45, 2.75) is 25.8 Å². The summed E-state index contributed by atoms with van der Waals surface area (Å²) in [6, 6.07) is 11.1. The number of nitrogens with one attached hydrogen (secondary N) is 1. The van der Waals surface area contributed by atoms with Crippen LogP contribution >= 0.6 is 0 Å². The Morgan fingerprint density at radius 2 is 1.82 bits per heavy atom. The van der Waals surface area contributed by atoms with Gasteiger partial charge in [0, 0.05) is 30.2 Å². The van der Waals surface area contributed by atoms with Crippen molar-refractivity contribution in [1.82, 2.24) is 19.9 Å². The highest BCUT2D eigenvalue weighted by molar-refractivity contribution is 5.75. The smallest absolute Gasteiger partial charge is 0.140 e. The predicted octanol–water partition coefficient (Wildman–Crippen LogP) is 3.14. The third-order valence-corrected chi connectivity index (χ3v) is 4.37. The Balaban J connectivity index is 1.46. The molecule has 4 heteroatoms. The second kappa shape index (κ2) is 5.89. The van der Waals surface area contributed by atoms with Crippen molar-refractivity contribution in [3.8, 4) is 0 Å². The van der Waals surface area contributed by atoms with E-state index in [-0.39, 0.29) is 0 Å². The molecule has 2 aromatic heterocycles. The Kier molecular flexibility index (Phi) is 3.60. The molecule has 1 saturated heterocycles. The first-order chi connectivity index (χ1) is 10.9. The third kappa shape index (κ3) is 2.88. The molecule has 112 valence electrons. The number of fused-ring (bicyclic) bond motifs is 1. The van der Waals surface area contributed by atoms with Crippen LogP contribution in [-0.2, 0) is 13.0 Å². The van der Waals surface area contributed by atoms with Crippen LogP contribution in [0, 0.1) is 0 Å². The molecule has 0 saturated carbocycles. The van der Waals surface area contributed by atoms with E-state index in [1.54, 1.807) is 6.33 Å². The summed E-state index contributed by atoms with van der Waals surface area (Å²) in [6.07, 6.45) is 7.03. The van der Waals surface area contributed by atoms with E-state index < -0.39 is 0 Å². The van der Waals surface area contributed by atoms with Gasteiger partial charge in [-0.3, -0.25) is 4.90 Å². The van der Waals surface area contributed by atoms with Crippen molar-refractivity contribution in [1.29, 1.82) is 0 Å². The van der Waals surface area contributed by atoms with E-state index in [2.05, 4.69) is 50.2 Å². The van der Waals surface area contributed by atoms with Crippen molar-refractivity contribution in [3.63, 3.8) is 0 Å². The van der Waals surface area contributed by atoms with Crippen molar-refractivity contribution in [2.24, 2.45) is 0 Å².